The van der Waals surface area contributed by atoms with E-state index in [0.29, 0.717) is 6.04 Å². The first-order valence-corrected chi connectivity index (χ1v) is 11.2. The number of rotatable bonds is 4. The summed E-state index contributed by atoms with van der Waals surface area (Å²) in [5.41, 5.74) is 6.82. The minimum atomic E-state index is -4.36. The summed E-state index contributed by atoms with van der Waals surface area (Å²) in [5, 5.41) is 2.19. The molecular weight excluding hydrogens is 411 g/mol. The van der Waals surface area contributed by atoms with Crippen molar-refractivity contribution in [3.05, 3.63) is 95.1 Å². The monoisotopic (exact) mass is 437 g/mol. The van der Waals surface area contributed by atoms with Crippen molar-refractivity contribution in [1.82, 2.24) is 15.4 Å². The molecule has 2 saturated carbocycles. The van der Waals surface area contributed by atoms with Crippen LogP contribution in [-0.2, 0) is 11.6 Å². The number of pyridine rings is 1. The van der Waals surface area contributed by atoms with Gasteiger partial charge in [0.05, 0.1) is 17.3 Å². The summed E-state index contributed by atoms with van der Waals surface area (Å²) < 4.78 is 38.7. The lowest BCUT2D eigenvalue weighted by molar-refractivity contribution is -0.137. The Morgan fingerprint density at radius 1 is 1.06 bits per heavy atom. The molecule has 2 aromatic rings. The molecule has 166 valence electrons. The van der Waals surface area contributed by atoms with Crippen LogP contribution in [0.15, 0.2) is 72.7 Å². The highest BCUT2D eigenvalue weighted by Gasteiger charge is 2.47. The first-order valence-electron chi connectivity index (χ1n) is 11.2. The minimum absolute atomic E-state index is 0.254. The van der Waals surface area contributed by atoms with E-state index in [1.807, 2.05) is 24.4 Å². The van der Waals surface area contributed by atoms with Gasteiger partial charge in [-0.25, -0.2) is 0 Å². The Morgan fingerprint density at radius 2 is 1.88 bits per heavy atom. The molecule has 1 aromatic carbocycles. The standard InChI is InChI=1S/C26H26F3N3/c27-26(28,29)22-8-11-24(30-18-22)25(12-13-25)21-5-3-4-20(17-21)16-19-6-9-23(10-7-19)32-15-2-1-14-31-32/h1-5,8,11,14-18,23,31H,6-7,9-10,12-13H2. The number of allylic oxidation sites excluding steroid dienone is 3. The van der Waals surface area contributed by atoms with Crippen LogP contribution in [0.2, 0.25) is 0 Å². The van der Waals surface area contributed by atoms with Crippen LogP contribution in [0.4, 0.5) is 13.2 Å². The number of benzene rings is 1. The van der Waals surface area contributed by atoms with Crippen LogP contribution in [0.3, 0.4) is 0 Å². The molecule has 3 nitrogen and oxygen atoms in total. The number of aromatic nitrogens is 1. The molecule has 1 aromatic heterocycles. The molecule has 0 amide bonds. The molecule has 3 aliphatic rings. The molecule has 32 heavy (non-hydrogen) atoms. The molecule has 0 radical (unpaired) electrons. The van der Waals surface area contributed by atoms with E-state index in [2.05, 4.69) is 45.9 Å². The van der Waals surface area contributed by atoms with E-state index < -0.39 is 11.7 Å². The number of nitrogens with one attached hydrogen (secondary N) is 1. The van der Waals surface area contributed by atoms with Gasteiger partial charge in [0, 0.05) is 24.0 Å². The fourth-order valence-electron chi connectivity index (χ4n) is 4.82. The highest BCUT2D eigenvalue weighted by Crippen LogP contribution is 2.53. The summed E-state index contributed by atoms with van der Waals surface area (Å²) in [4.78, 5) is 4.20. The topological polar surface area (TPSA) is 28.2 Å². The molecule has 0 spiro atoms. The normalized spacial score (nSPS) is 21.9. The average molecular weight is 438 g/mol. The highest BCUT2D eigenvalue weighted by atomic mass is 19.4. The number of alkyl halides is 3. The van der Waals surface area contributed by atoms with Crippen LogP contribution in [0.5, 0.6) is 0 Å². The molecular formula is C26H26F3N3. The third-order valence-electron chi connectivity index (χ3n) is 6.81. The number of hydrazine groups is 1. The van der Waals surface area contributed by atoms with Gasteiger partial charge in [-0.2, -0.15) is 13.2 Å². The van der Waals surface area contributed by atoms with Crippen molar-refractivity contribution in [2.75, 3.05) is 0 Å². The van der Waals surface area contributed by atoms with E-state index in [1.54, 1.807) is 6.07 Å². The van der Waals surface area contributed by atoms with Crippen LogP contribution in [-0.4, -0.2) is 16.0 Å². The molecule has 0 saturated heterocycles. The minimum Gasteiger partial charge on any atom is -0.306 e. The largest absolute Gasteiger partial charge is 0.417 e. The Hall–Kier alpha value is -3.02. The van der Waals surface area contributed by atoms with Gasteiger partial charge in [0.1, 0.15) is 0 Å². The lowest BCUT2D eigenvalue weighted by Gasteiger charge is -2.35. The lowest BCUT2D eigenvalue weighted by Crippen LogP contribution is -2.41. The SMILES string of the molecule is FC(F)(F)c1ccc(C2(c3cccc(C=C4CCC(N5C=CC=CN5)CC4)c3)CC2)nc1. The van der Waals surface area contributed by atoms with E-state index in [1.165, 1.54) is 5.57 Å². The number of nitrogens with zero attached hydrogens (tertiary/aromatic N) is 2. The zero-order valence-corrected chi connectivity index (χ0v) is 17.8. The number of halogens is 3. The Balaban J connectivity index is 1.30. The van der Waals surface area contributed by atoms with Crippen LogP contribution in [0.1, 0.15) is 60.9 Å². The average Bonchev–Trinajstić information content (AvgIpc) is 3.62. The van der Waals surface area contributed by atoms with Gasteiger partial charge in [-0.15, -0.1) is 0 Å². The fourth-order valence-corrected chi connectivity index (χ4v) is 4.82. The van der Waals surface area contributed by atoms with Gasteiger partial charge in [-0.3, -0.25) is 9.99 Å². The molecule has 2 fully saturated rings. The molecule has 0 atom stereocenters. The fraction of sp³-hybridized carbons (Fsp3) is 0.346. The van der Waals surface area contributed by atoms with Crippen molar-refractivity contribution in [1.29, 1.82) is 0 Å². The summed E-state index contributed by atoms with van der Waals surface area (Å²) in [6.45, 7) is 0. The Bertz CT molecular complexity index is 1050. The summed E-state index contributed by atoms with van der Waals surface area (Å²) in [6, 6.07) is 11.6. The smallest absolute Gasteiger partial charge is 0.306 e. The Kier molecular flexibility index (Phi) is 5.31. The molecule has 6 heteroatoms. The van der Waals surface area contributed by atoms with Crippen LogP contribution in [0.25, 0.3) is 6.08 Å². The van der Waals surface area contributed by atoms with Crippen LogP contribution in [0, 0.1) is 0 Å². The maximum atomic E-state index is 12.9. The van der Waals surface area contributed by atoms with E-state index in [0.717, 1.165) is 67.6 Å². The summed E-state index contributed by atoms with van der Waals surface area (Å²) >= 11 is 0. The van der Waals surface area contributed by atoms with Crippen LogP contribution < -0.4 is 5.43 Å². The predicted octanol–water partition coefficient (Wildman–Crippen LogP) is 6.35. The molecule has 1 aliphatic heterocycles. The maximum Gasteiger partial charge on any atom is 0.417 e. The van der Waals surface area contributed by atoms with Gasteiger partial charge in [-0.1, -0.05) is 35.9 Å². The summed E-state index contributed by atoms with van der Waals surface area (Å²) in [5.74, 6) is 0. The Labute approximate surface area is 186 Å². The van der Waals surface area contributed by atoms with Crippen molar-refractivity contribution < 1.29 is 13.2 Å². The highest BCUT2D eigenvalue weighted by molar-refractivity contribution is 5.56. The zero-order valence-electron chi connectivity index (χ0n) is 17.8. The quantitative estimate of drug-likeness (QED) is 0.604. The Morgan fingerprint density at radius 3 is 2.50 bits per heavy atom. The molecule has 5 rings (SSSR count). The molecule has 0 unspecified atom stereocenters. The van der Waals surface area contributed by atoms with Crippen molar-refractivity contribution in [3.8, 4) is 0 Å². The van der Waals surface area contributed by atoms with Gasteiger partial charge in [0.15, 0.2) is 0 Å². The van der Waals surface area contributed by atoms with Gasteiger partial charge in [0.2, 0.25) is 0 Å². The van der Waals surface area contributed by atoms with E-state index in [-0.39, 0.29) is 5.41 Å². The van der Waals surface area contributed by atoms with E-state index in [9.17, 15) is 13.2 Å². The van der Waals surface area contributed by atoms with E-state index in [4.69, 9.17) is 0 Å². The molecule has 1 N–H and O–H groups in total. The van der Waals surface area contributed by atoms with Crippen molar-refractivity contribution in [2.45, 2.75) is 56.2 Å². The zero-order chi connectivity index (χ0) is 22.2. The molecule has 2 aliphatic carbocycles. The molecule has 0 bridgehead atoms. The third kappa shape index (κ3) is 4.18. The number of hydrogen-bond acceptors (Lipinski definition) is 3. The predicted molar refractivity (Wildman–Crippen MR) is 119 cm³/mol. The lowest BCUT2D eigenvalue weighted by atomic mass is 9.87. The molecule has 2 heterocycles. The second-order valence-electron chi connectivity index (χ2n) is 8.91. The number of hydrogen-bond donors (Lipinski definition) is 1. The van der Waals surface area contributed by atoms with Gasteiger partial charge >= 0.3 is 6.18 Å². The maximum absolute atomic E-state index is 12.9. The third-order valence-corrected chi connectivity index (χ3v) is 6.81. The summed E-state index contributed by atoms with van der Waals surface area (Å²) in [6.07, 6.45) is 13.1. The first-order chi connectivity index (χ1) is 15.4. The van der Waals surface area contributed by atoms with Crippen molar-refractivity contribution >= 4 is 6.08 Å². The van der Waals surface area contributed by atoms with E-state index >= 15 is 0 Å². The second-order valence-corrected chi connectivity index (χ2v) is 8.91. The van der Waals surface area contributed by atoms with Crippen molar-refractivity contribution in [2.24, 2.45) is 0 Å². The van der Waals surface area contributed by atoms with Gasteiger partial charge in [0.25, 0.3) is 0 Å². The first kappa shape index (κ1) is 20.9. The summed E-state index contributed by atoms with van der Waals surface area (Å²) in [7, 11) is 0. The van der Waals surface area contributed by atoms with Crippen LogP contribution >= 0.6 is 0 Å². The van der Waals surface area contributed by atoms with Gasteiger partial charge < -0.3 is 5.43 Å². The van der Waals surface area contributed by atoms with Gasteiger partial charge in [-0.05, 0) is 73.9 Å². The second kappa shape index (κ2) is 8.15. The van der Waals surface area contributed by atoms with Crippen molar-refractivity contribution in [3.63, 3.8) is 0 Å².